The fourth-order valence-corrected chi connectivity index (χ4v) is 3.08. The smallest absolute Gasteiger partial charge is 0.468 e. The molecule has 14 nitrogen and oxygen atoms in total. The Hall–Kier alpha value is -4.17. The van der Waals surface area contributed by atoms with E-state index < -0.39 is 12.3 Å². The van der Waals surface area contributed by atoms with Crippen LogP contribution in [0.25, 0.3) is 5.52 Å². The SMILES string of the molecule is C=CCCOC(=O)O.C=CCCOC=O.CC(C)OC(=O)OCC1CCC(c2ccc3c(N)ncnn23)O1.CO. The summed E-state index contributed by atoms with van der Waals surface area (Å²) in [6.45, 7) is 11.6. The minimum atomic E-state index is -1.23. The third-order valence-corrected chi connectivity index (χ3v) is 4.72. The van der Waals surface area contributed by atoms with Gasteiger partial charge in [-0.1, -0.05) is 12.2 Å². The largest absolute Gasteiger partial charge is 0.508 e. The molecule has 0 aromatic carbocycles. The molecule has 2 aromatic heterocycles. The monoisotopic (exact) mass is 568 g/mol. The van der Waals surface area contributed by atoms with Crippen LogP contribution in [-0.4, -0.2) is 82.7 Å². The van der Waals surface area contributed by atoms with Crippen LogP contribution < -0.4 is 5.73 Å². The molecule has 2 unspecified atom stereocenters. The van der Waals surface area contributed by atoms with E-state index in [0.29, 0.717) is 25.3 Å². The molecule has 0 saturated carbocycles. The fraction of sp³-hybridized carbons (Fsp3) is 0.500. The topological polar surface area (TPSA) is 194 Å². The quantitative estimate of drug-likeness (QED) is 0.117. The molecule has 1 saturated heterocycles. The molecule has 0 bridgehead atoms. The summed E-state index contributed by atoms with van der Waals surface area (Å²) in [5.41, 5.74) is 7.51. The number of aliphatic hydroxyl groups excluding tert-OH is 1. The highest BCUT2D eigenvalue weighted by Crippen LogP contribution is 2.33. The number of hydrogen-bond acceptors (Lipinski definition) is 12. The number of nitrogens with two attached hydrogens (primary N) is 1. The van der Waals surface area contributed by atoms with Gasteiger partial charge in [0.15, 0.2) is 5.82 Å². The summed E-state index contributed by atoms with van der Waals surface area (Å²) in [5, 5.41) is 19.1. The van der Waals surface area contributed by atoms with Gasteiger partial charge in [-0.05, 0) is 51.7 Å². The van der Waals surface area contributed by atoms with Gasteiger partial charge in [0.1, 0.15) is 24.6 Å². The van der Waals surface area contributed by atoms with Gasteiger partial charge >= 0.3 is 12.3 Å². The Morgan fingerprint density at radius 2 is 1.85 bits per heavy atom. The first-order chi connectivity index (χ1) is 19.2. The van der Waals surface area contributed by atoms with Gasteiger partial charge in [0.2, 0.25) is 0 Å². The Bertz CT molecular complexity index is 1020. The lowest BCUT2D eigenvalue weighted by molar-refractivity contribution is -0.128. The molecule has 0 aliphatic carbocycles. The highest BCUT2D eigenvalue weighted by molar-refractivity contribution is 5.65. The summed E-state index contributed by atoms with van der Waals surface area (Å²) in [7, 11) is 1.00. The molecule has 2 atom stereocenters. The molecule has 0 amide bonds. The molecule has 40 heavy (non-hydrogen) atoms. The van der Waals surface area contributed by atoms with Crippen molar-refractivity contribution >= 4 is 30.1 Å². The second kappa shape index (κ2) is 21.7. The highest BCUT2D eigenvalue weighted by Gasteiger charge is 2.30. The van der Waals surface area contributed by atoms with E-state index in [1.54, 1.807) is 30.5 Å². The van der Waals surface area contributed by atoms with Crippen molar-refractivity contribution in [1.29, 1.82) is 0 Å². The van der Waals surface area contributed by atoms with E-state index in [9.17, 15) is 14.4 Å². The van der Waals surface area contributed by atoms with Gasteiger partial charge in [0, 0.05) is 7.11 Å². The normalized spacial score (nSPS) is 15.1. The molecular weight excluding hydrogens is 528 g/mol. The number of nitrogen functional groups attached to an aromatic ring is 1. The molecule has 2 aromatic rings. The number of hydrogen-bond donors (Lipinski definition) is 3. The van der Waals surface area contributed by atoms with Crippen molar-refractivity contribution in [2.45, 2.75) is 57.8 Å². The summed E-state index contributed by atoms with van der Waals surface area (Å²) < 4.78 is 26.1. The Labute approximate surface area is 233 Å². The summed E-state index contributed by atoms with van der Waals surface area (Å²) in [5.74, 6) is 0.431. The Balaban J connectivity index is 0.000000740. The maximum Gasteiger partial charge on any atom is 0.508 e. The van der Waals surface area contributed by atoms with E-state index in [-0.39, 0.29) is 31.5 Å². The molecule has 0 spiro atoms. The van der Waals surface area contributed by atoms with Crippen LogP contribution in [-0.2, 0) is 28.5 Å². The van der Waals surface area contributed by atoms with Crippen molar-refractivity contribution in [3.05, 3.63) is 49.5 Å². The van der Waals surface area contributed by atoms with Crippen LogP contribution >= 0.6 is 0 Å². The Morgan fingerprint density at radius 3 is 2.45 bits per heavy atom. The molecular formula is C26H40N4O10. The number of aromatic nitrogens is 3. The van der Waals surface area contributed by atoms with Crippen molar-refractivity contribution in [2.75, 3.05) is 32.7 Å². The van der Waals surface area contributed by atoms with E-state index in [4.69, 9.17) is 30.2 Å². The van der Waals surface area contributed by atoms with E-state index in [1.807, 2.05) is 12.1 Å². The summed E-state index contributed by atoms with van der Waals surface area (Å²) in [6, 6.07) is 3.80. The van der Waals surface area contributed by atoms with Crippen LogP contribution in [0.3, 0.4) is 0 Å². The predicted molar refractivity (Wildman–Crippen MR) is 146 cm³/mol. The molecule has 14 heteroatoms. The van der Waals surface area contributed by atoms with E-state index in [1.165, 1.54) is 6.33 Å². The minimum Gasteiger partial charge on any atom is -0.468 e. The number of carbonyl (C=O) groups excluding carboxylic acids is 2. The van der Waals surface area contributed by atoms with Crippen molar-refractivity contribution in [1.82, 2.24) is 14.6 Å². The molecule has 224 valence electrons. The van der Waals surface area contributed by atoms with E-state index in [0.717, 1.165) is 37.6 Å². The summed E-state index contributed by atoms with van der Waals surface area (Å²) in [6.07, 6.45) is 5.30. The van der Waals surface area contributed by atoms with Crippen LogP contribution in [0, 0.1) is 0 Å². The number of fused-ring (bicyclic) bond motifs is 1. The van der Waals surface area contributed by atoms with Gasteiger partial charge in [-0.15, -0.1) is 13.2 Å². The van der Waals surface area contributed by atoms with Crippen LogP contribution in [0.1, 0.15) is 51.3 Å². The Kier molecular flexibility index (Phi) is 19.5. The maximum atomic E-state index is 11.4. The van der Waals surface area contributed by atoms with Crippen LogP contribution in [0.4, 0.5) is 15.4 Å². The molecule has 4 N–H and O–H groups in total. The average molecular weight is 569 g/mol. The molecule has 0 radical (unpaired) electrons. The molecule has 3 rings (SSSR count). The zero-order chi connectivity index (χ0) is 30.3. The third kappa shape index (κ3) is 14.7. The van der Waals surface area contributed by atoms with Gasteiger partial charge in [-0.25, -0.2) is 19.1 Å². The summed E-state index contributed by atoms with van der Waals surface area (Å²) >= 11 is 0. The average Bonchev–Trinajstić information content (AvgIpc) is 3.57. The number of nitrogens with zero attached hydrogens (tertiary/aromatic N) is 3. The van der Waals surface area contributed by atoms with E-state index >= 15 is 0 Å². The van der Waals surface area contributed by atoms with Crippen molar-refractivity contribution < 1.29 is 48.3 Å². The molecule has 3 heterocycles. The van der Waals surface area contributed by atoms with Crippen molar-refractivity contribution in [3.8, 4) is 0 Å². The standard InChI is InChI=1S/C15H20N4O4.C5H8O3.C5H8O2.CH4O/c1-9(2)22-15(20)21-7-10-3-6-13(23-10)11-4-5-12-14(16)17-8-18-19(11)12;1-2-3-4-8-5(6)7;1-2-3-4-7-5-6;1-2/h4-5,8-10,13H,3,6-7H2,1-2H3,(H2,16,17,18);2H,1,3-4H2,(H,6,7);2,5H,1,3-4H2;2H,1H3. The number of rotatable bonds is 11. The predicted octanol–water partition coefficient (Wildman–Crippen LogP) is 3.69. The third-order valence-electron chi connectivity index (χ3n) is 4.72. The lowest BCUT2D eigenvalue weighted by Crippen LogP contribution is -2.21. The minimum absolute atomic E-state index is 0.110. The first kappa shape index (κ1) is 35.8. The Morgan fingerprint density at radius 1 is 1.18 bits per heavy atom. The molecule has 1 aliphatic rings. The highest BCUT2D eigenvalue weighted by atomic mass is 16.7. The van der Waals surface area contributed by atoms with E-state index in [2.05, 4.69) is 32.7 Å². The number of ether oxygens (including phenoxy) is 5. The maximum absolute atomic E-state index is 11.4. The molecule has 1 fully saturated rings. The fourth-order valence-electron chi connectivity index (χ4n) is 3.08. The summed E-state index contributed by atoms with van der Waals surface area (Å²) in [4.78, 5) is 34.4. The van der Waals surface area contributed by atoms with Gasteiger partial charge in [0.05, 0.1) is 31.1 Å². The zero-order valence-electron chi connectivity index (χ0n) is 23.1. The van der Waals surface area contributed by atoms with Crippen LogP contribution in [0.15, 0.2) is 43.8 Å². The molecule has 1 aliphatic heterocycles. The second-order valence-corrected chi connectivity index (χ2v) is 7.99. The van der Waals surface area contributed by atoms with Gasteiger partial charge in [-0.2, -0.15) is 5.10 Å². The van der Waals surface area contributed by atoms with Gasteiger partial charge in [0.25, 0.3) is 6.47 Å². The van der Waals surface area contributed by atoms with Crippen LogP contribution in [0.2, 0.25) is 0 Å². The van der Waals surface area contributed by atoms with Gasteiger partial charge < -0.3 is 39.6 Å². The lowest BCUT2D eigenvalue weighted by atomic mass is 10.1. The number of carbonyl (C=O) groups is 3. The zero-order valence-corrected chi connectivity index (χ0v) is 23.1. The number of anilines is 1. The first-order valence-electron chi connectivity index (χ1n) is 12.4. The second-order valence-electron chi connectivity index (χ2n) is 7.99. The van der Waals surface area contributed by atoms with Crippen molar-refractivity contribution in [3.63, 3.8) is 0 Å². The van der Waals surface area contributed by atoms with Gasteiger partial charge in [-0.3, -0.25) is 4.79 Å². The number of aliphatic hydroxyl groups is 1. The van der Waals surface area contributed by atoms with Crippen molar-refractivity contribution in [2.24, 2.45) is 0 Å². The first-order valence-corrected chi connectivity index (χ1v) is 12.4. The number of carboxylic acid groups (broad SMARTS) is 1. The lowest BCUT2D eigenvalue weighted by Gasteiger charge is -2.14. The van der Waals surface area contributed by atoms with Crippen LogP contribution in [0.5, 0.6) is 0 Å².